The Labute approximate surface area is 164 Å². The molecule has 26 heavy (non-hydrogen) atoms. The van der Waals surface area contributed by atoms with Crippen LogP contribution < -0.4 is 10.6 Å². The fourth-order valence-electron chi connectivity index (χ4n) is 2.41. The standard InChI is InChI=1S/C17H20N6O.2ClH/c1-11(18-3)10-20-17(24)16-12(2)23(22-21-16)14-6-7-15-13(9-14)5-4-8-19-15;;/h4-9,11,18H,10H2,1-3H3,(H,20,24);2*1H. The lowest BCUT2D eigenvalue weighted by atomic mass is 10.2. The number of carbonyl (C=O) groups is 1. The monoisotopic (exact) mass is 396 g/mol. The van der Waals surface area contributed by atoms with Crippen molar-refractivity contribution < 1.29 is 4.79 Å². The van der Waals surface area contributed by atoms with Crippen LogP contribution in [0.25, 0.3) is 16.6 Å². The van der Waals surface area contributed by atoms with Gasteiger partial charge in [-0.05, 0) is 45.2 Å². The van der Waals surface area contributed by atoms with E-state index in [0.717, 1.165) is 16.6 Å². The molecule has 9 heteroatoms. The molecule has 0 saturated heterocycles. The first-order chi connectivity index (χ1) is 11.6. The van der Waals surface area contributed by atoms with Crippen LogP contribution in [0.4, 0.5) is 0 Å². The van der Waals surface area contributed by atoms with Gasteiger partial charge in [0.05, 0.1) is 16.9 Å². The Hall–Kier alpha value is -2.22. The number of fused-ring (bicyclic) bond motifs is 1. The topological polar surface area (TPSA) is 84.7 Å². The van der Waals surface area contributed by atoms with Crippen LogP contribution in [-0.4, -0.2) is 45.5 Å². The first-order valence-electron chi connectivity index (χ1n) is 7.83. The summed E-state index contributed by atoms with van der Waals surface area (Å²) in [5, 5.41) is 15.1. The van der Waals surface area contributed by atoms with E-state index in [0.29, 0.717) is 17.9 Å². The predicted octanol–water partition coefficient (Wildman–Crippen LogP) is 2.31. The maximum Gasteiger partial charge on any atom is 0.273 e. The molecule has 1 unspecified atom stereocenters. The lowest BCUT2D eigenvalue weighted by Gasteiger charge is -2.10. The van der Waals surface area contributed by atoms with Gasteiger partial charge in [-0.2, -0.15) is 0 Å². The zero-order valence-electron chi connectivity index (χ0n) is 14.8. The van der Waals surface area contributed by atoms with Crippen molar-refractivity contribution in [1.29, 1.82) is 0 Å². The highest BCUT2D eigenvalue weighted by Crippen LogP contribution is 2.18. The van der Waals surface area contributed by atoms with Gasteiger partial charge in [-0.1, -0.05) is 11.3 Å². The van der Waals surface area contributed by atoms with Crippen LogP contribution in [0.3, 0.4) is 0 Å². The summed E-state index contributed by atoms with van der Waals surface area (Å²) in [5.74, 6) is -0.219. The molecule has 0 saturated carbocycles. The van der Waals surface area contributed by atoms with E-state index in [2.05, 4.69) is 25.9 Å². The van der Waals surface area contributed by atoms with Crippen molar-refractivity contribution in [3.05, 3.63) is 47.9 Å². The Balaban J connectivity index is 0.00000169. The Kier molecular flexibility index (Phi) is 7.95. The van der Waals surface area contributed by atoms with Crippen LogP contribution in [0, 0.1) is 6.92 Å². The molecule has 3 rings (SSSR count). The number of likely N-dealkylation sites (N-methyl/N-ethyl adjacent to an activating group) is 1. The zero-order chi connectivity index (χ0) is 17.1. The van der Waals surface area contributed by atoms with Crippen LogP contribution in [0.1, 0.15) is 23.1 Å². The van der Waals surface area contributed by atoms with Gasteiger partial charge in [-0.15, -0.1) is 29.9 Å². The lowest BCUT2D eigenvalue weighted by Crippen LogP contribution is -2.37. The van der Waals surface area contributed by atoms with Gasteiger partial charge in [-0.3, -0.25) is 9.78 Å². The molecule has 2 aromatic heterocycles. The van der Waals surface area contributed by atoms with Crippen molar-refractivity contribution in [1.82, 2.24) is 30.6 Å². The highest BCUT2D eigenvalue weighted by Gasteiger charge is 2.17. The molecule has 2 N–H and O–H groups in total. The third-order valence-corrected chi connectivity index (χ3v) is 4.00. The van der Waals surface area contributed by atoms with E-state index < -0.39 is 0 Å². The Morgan fingerprint density at radius 1 is 1.27 bits per heavy atom. The van der Waals surface area contributed by atoms with E-state index in [1.54, 1.807) is 10.9 Å². The van der Waals surface area contributed by atoms with Crippen molar-refractivity contribution in [3.8, 4) is 5.69 Å². The lowest BCUT2D eigenvalue weighted by molar-refractivity contribution is 0.0945. The summed E-state index contributed by atoms with van der Waals surface area (Å²) >= 11 is 0. The fourth-order valence-corrected chi connectivity index (χ4v) is 2.41. The van der Waals surface area contributed by atoms with Crippen molar-refractivity contribution in [2.24, 2.45) is 0 Å². The molecular weight excluding hydrogens is 375 g/mol. The van der Waals surface area contributed by atoms with Crippen LogP contribution in [0.15, 0.2) is 36.5 Å². The zero-order valence-corrected chi connectivity index (χ0v) is 16.4. The highest BCUT2D eigenvalue weighted by molar-refractivity contribution is 5.93. The van der Waals surface area contributed by atoms with Gasteiger partial charge in [0.15, 0.2) is 5.69 Å². The highest BCUT2D eigenvalue weighted by atomic mass is 35.5. The minimum absolute atomic E-state index is 0. The maximum atomic E-state index is 12.3. The van der Waals surface area contributed by atoms with Crippen LogP contribution >= 0.6 is 24.8 Å². The number of nitrogens with one attached hydrogen (secondary N) is 2. The fraction of sp³-hybridized carbons (Fsp3) is 0.294. The summed E-state index contributed by atoms with van der Waals surface area (Å²) in [4.78, 5) is 16.6. The second kappa shape index (κ2) is 9.47. The Morgan fingerprint density at radius 3 is 2.77 bits per heavy atom. The van der Waals surface area contributed by atoms with E-state index in [9.17, 15) is 4.79 Å². The molecule has 0 bridgehead atoms. The van der Waals surface area contributed by atoms with Gasteiger partial charge in [0.1, 0.15) is 0 Å². The van der Waals surface area contributed by atoms with E-state index in [1.807, 2.05) is 51.2 Å². The van der Waals surface area contributed by atoms with E-state index in [1.165, 1.54) is 0 Å². The molecule has 0 fully saturated rings. The second-order valence-corrected chi connectivity index (χ2v) is 5.72. The van der Waals surface area contributed by atoms with E-state index in [-0.39, 0.29) is 36.8 Å². The minimum Gasteiger partial charge on any atom is -0.349 e. The van der Waals surface area contributed by atoms with Gasteiger partial charge in [-0.25, -0.2) is 4.68 Å². The smallest absolute Gasteiger partial charge is 0.273 e. The molecule has 1 amide bonds. The largest absolute Gasteiger partial charge is 0.349 e. The number of rotatable bonds is 5. The average molecular weight is 397 g/mol. The number of halogens is 2. The molecular formula is C17H22Cl2N6O. The van der Waals surface area contributed by atoms with Crippen molar-refractivity contribution in [2.45, 2.75) is 19.9 Å². The summed E-state index contributed by atoms with van der Waals surface area (Å²) in [6.07, 6.45) is 1.76. The molecule has 140 valence electrons. The molecule has 0 spiro atoms. The second-order valence-electron chi connectivity index (χ2n) is 5.72. The van der Waals surface area contributed by atoms with Gasteiger partial charge in [0.25, 0.3) is 5.91 Å². The minimum atomic E-state index is -0.219. The van der Waals surface area contributed by atoms with Crippen molar-refractivity contribution in [2.75, 3.05) is 13.6 Å². The van der Waals surface area contributed by atoms with Crippen LogP contribution in [0.5, 0.6) is 0 Å². The van der Waals surface area contributed by atoms with Crippen molar-refractivity contribution in [3.63, 3.8) is 0 Å². The first-order valence-corrected chi connectivity index (χ1v) is 7.83. The molecule has 7 nitrogen and oxygen atoms in total. The van der Waals surface area contributed by atoms with E-state index in [4.69, 9.17) is 0 Å². The average Bonchev–Trinajstić information content (AvgIpc) is 3.00. The quantitative estimate of drug-likeness (QED) is 0.690. The normalized spacial score (nSPS) is 11.3. The summed E-state index contributed by atoms with van der Waals surface area (Å²) in [6.45, 7) is 4.36. The van der Waals surface area contributed by atoms with Crippen LogP contribution in [0.2, 0.25) is 0 Å². The molecule has 0 aliphatic rings. The van der Waals surface area contributed by atoms with Gasteiger partial charge >= 0.3 is 0 Å². The predicted molar refractivity (Wildman–Crippen MR) is 107 cm³/mol. The third kappa shape index (κ3) is 4.49. The number of hydrogen-bond acceptors (Lipinski definition) is 5. The third-order valence-electron chi connectivity index (χ3n) is 4.00. The molecule has 2 heterocycles. The molecule has 0 radical (unpaired) electrons. The molecule has 1 aromatic carbocycles. The van der Waals surface area contributed by atoms with Gasteiger partial charge in [0.2, 0.25) is 0 Å². The number of benzene rings is 1. The molecule has 1 atom stereocenters. The number of nitrogens with zero attached hydrogens (tertiary/aromatic N) is 4. The van der Waals surface area contributed by atoms with Crippen molar-refractivity contribution >= 4 is 41.6 Å². The summed E-state index contributed by atoms with van der Waals surface area (Å²) in [5.41, 5.74) is 2.80. The summed E-state index contributed by atoms with van der Waals surface area (Å²) in [7, 11) is 1.85. The molecule has 0 aliphatic heterocycles. The Bertz CT molecular complexity index is 883. The number of hydrogen-bond donors (Lipinski definition) is 2. The summed E-state index contributed by atoms with van der Waals surface area (Å²) < 4.78 is 1.67. The number of aromatic nitrogens is 4. The number of carbonyl (C=O) groups excluding carboxylic acids is 1. The summed E-state index contributed by atoms with van der Waals surface area (Å²) in [6, 6.07) is 9.90. The van der Waals surface area contributed by atoms with Crippen LogP contribution in [-0.2, 0) is 0 Å². The number of amides is 1. The maximum absolute atomic E-state index is 12.3. The van der Waals surface area contributed by atoms with Gasteiger partial charge < -0.3 is 10.6 Å². The molecule has 3 aromatic rings. The first kappa shape index (κ1) is 21.8. The SMILES string of the molecule is CNC(C)CNC(=O)c1nnn(-c2ccc3ncccc3c2)c1C.Cl.Cl. The van der Waals surface area contributed by atoms with Gasteiger partial charge in [0, 0.05) is 24.2 Å². The van der Waals surface area contributed by atoms with E-state index >= 15 is 0 Å². The molecule has 0 aliphatic carbocycles. The Morgan fingerprint density at radius 2 is 2.04 bits per heavy atom. The number of pyridine rings is 1.